The average Bonchev–Trinajstić information content (AvgIpc) is 3.82. The van der Waals surface area contributed by atoms with Crippen LogP contribution in [0.5, 0.6) is 11.5 Å². The van der Waals surface area contributed by atoms with Gasteiger partial charge in [-0.2, -0.15) is 0 Å². The van der Waals surface area contributed by atoms with Crippen molar-refractivity contribution in [3.05, 3.63) is 53.6 Å². The Labute approximate surface area is 220 Å². The van der Waals surface area contributed by atoms with Crippen LogP contribution in [-0.4, -0.2) is 51.4 Å². The van der Waals surface area contributed by atoms with Gasteiger partial charge in [-0.15, -0.1) is 5.10 Å². The number of hydrogen-bond donors (Lipinski definition) is 1. The minimum absolute atomic E-state index is 0.0905. The van der Waals surface area contributed by atoms with Crippen molar-refractivity contribution in [1.29, 1.82) is 0 Å². The fourth-order valence-electron chi connectivity index (χ4n) is 4.60. The molecule has 38 heavy (non-hydrogen) atoms. The van der Waals surface area contributed by atoms with Crippen LogP contribution in [0.2, 0.25) is 0 Å². The molecule has 0 unspecified atom stereocenters. The smallest absolute Gasteiger partial charge is 0.325 e. The van der Waals surface area contributed by atoms with Gasteiger partial charge < -0.3 is 19.4 Å². The molecule has 2 saturated carbocycles. The summed E-state index contributed by atoms with van der Waals surface area (Å²) in [6, 6.07) is 13.1. The van der Waals surface area contributed by atoms with Crippen molar-refractivity contribution >= 4 is 23.7 Å². The molecule has 2 aliphatic carbocycles. The van der Waals surface area contributed by atoms with Gasteiger partial charge in [-0.1, -0.05) is 11.2 Å². The molecular formula is C28H29N5O5. The maximum absolute atomic E-state index is 12.3. The van der Waals surface area contributed by atoms with E-state index in [9.17, 15) is 14.4 Å². The zero-order valence-electron chi connectivity index (χ0n) is 21.2. The van der Waals surface area contributed by atoms with Crippen LogP contribution in [0.15, 0.2) is 46.9 Å². The lowest BCUT2D eigenvalue weighted by Crippen LogP contribution is -2.30. The van der Waals surface area contributed by atoms with E-state index in [1.807, 2.05) is 17.0 Å². The van der Waals surface area contributed by atoms with Crippen molar-refractivity contribution in [1.82, 2.24) is 20.4 Å². The van der Waals surface area contributed by atoms with Crippen LogP contribution in [0.1, 0.15) is 61.4 Å². The molecule has 1 N–H and O–H groups in total. The van der Waals surface area contributed by atoms with E-state index in [0.29, 0.717) is 42.1 Å². The van der Waals surface area contributed by atoms with Crippen molar-refractivity contribution in [3.8, 4) is 23.0 Å². The van der Waals surface area contributed by atoms with Gasteiger partial charge in [0, 0.05) is 55.2 Å². The van der Waals surface area contributed by atoms with Crippen molar-refractivity contribution in [2.45, 2.75) is 64.1 Å². The van der Waals surface area contributed by atoms with E-state index in [1.54, 1.807) is 35.2 Å². The van der Waals surface area contributed by atoms with E-state index < -0.39 is 0 Å². The first kappa shape index (κ1) is 24.1. The molecule has 1 saturated heterocycles. The largest absolute Gasteiger partial charge is 0.457 e. The Bertz CT molecular complexity index is 1380. The van der Waals surface area contributed by atoms with Crippen LogP contribution in [0.4, 0.5) is 6.01 Å². The third-order valence-electron chi connectivity index (χ3n) is 6.98. The zero-order valence-corrected chi connectivity index (χ0v) is 21.2. The molecule has 0 spiro atoms. The normalized spacial score (nSPS) is 17.0. The van der Waals surface area contributed by atoms with E-state index in [2.05, 4.69) is 15.5 Å². The number of rotatable bonds is 9. The summed E-state index contributed by atoms with van der Waals surface area (Å²) in [5.74, 6) is 1.27. The first-order chi connectivity index (χ1) is 18.4. The third-order valence-corrected chi connectivity index (χ3v) is 6.98. The van der Waals surface area contributed by atoms with E-state index in [-0.39, 0.29) is 41.7 Å². The number of benzene rings is 2. The number of nitrogens with one attached hydrogen (secondary N) is 1. The second-order valence-corrected chi connectivity index (χ2v) is 10.1. The van der Waals surface area contributed by atoms with Gasteiger partial charge in [0.25, 0.3) is 5.91 Å². The molecule has 3 aromatic rings. The van der Waals surface area contributed by atoms with E-state index in [0.717, 1.165) is 37.7 Å². The minimum Gasteiger partial charge on any atom is -0.457 e. The lowest BCUT2D eigenvalue weighted by Gasteiger charge is -2.19. The number of likely N-dealkylation sites (tertiary alicyclic amines) is 1. The summed E-state index contributed by atoms with van der Waals surface area (Å²) < 4.78 is 12.1. The van der Waals surface area contributed by atoms with Crippen molar-refractivity contribution in [3.63, 3.8) is 0 Å². The minimum atomic E-state index is -0.133. The molecule has 0 radical (unpaired) electrons. The lowest BCUT2D eigenvalue weighted by atomic mass is 10.1. The van der Waals surface area contributed by atoms with E-state index in [4.69, 9.17) is 9.15 Å². The predicted molar refractivity (Wildman–Crippen MR) is 138 cm³/mol. The molecule has 10 nitrogen and oxygen atoms in total. The standard InChI is InChI=1S/C28H29N5O5/c1-17(34)33(22-10-11-22)28-31-30-27(38-28)19-4-5-20(16-32-14-2-3-25(32)35)24(15-19)37-23-12-6-18(7-13-23)26(36)29-21-8-9-21/h4-7,12-13,15,21-22H,2-3,8-11,14,16H2,1H3,(H,29,36). The maximum Gasteiger partial charge on any atom is 0.325 e. The highest BCUT2D eigenvalue weighted by Gasteiger charge is 2.35. The van der Waals surface area contributed by atoms with Gasteiger partial charge in [0.2, 0.25) is 17.7 Å². The maximum atomic E-state index is 12.3. The van der Waals surface area contributed by atoms with Crippen LogP contribution in [0.25, 0.3) is 11.5 Å². The molecule has 3 fully saturated rings. The molecule has 1 aromatic heterocycles. The Balaban J connectivity index is 1.27. The van der Waals surface area contributed by atoms with Gasteiger partial charge in [0.05, 0.1) is 0 Å². The monoisotopic (exact) mass is 515 g/mol. The molecule has 1 aliphatic heterocycles. The molecule has 0 atom stereocenters. The highest BCUT2D eigenvalue weighted by atomic mass is 16.5. The van der Waals surface area contributed by atoms with Gasteiger partial charge in [-0.25, -0.2) is 0 Å². The van der Waals surface area contributed by atoms with Gasteiger partial charge in [0.1, 0.15) is 11.5 Å². The second kappa shape index (κ2) is 9.92. The number of ether oxygens (including phenoxy) is 1. The van der Waals surface area contributed by atoms with Crippen LogP contribution in [0, 0.1) is 0 Å². The molecule has 3 aliphatic rings. The number of anilines is 1. The summed E-state index contributed by atoms with van der Waals surface area (Å²) >= 11 is 0. The summed E-state index contributed by atoms with van der Waals surface area (Å²) in [5, 5.41) is 11.3. The summed E-state index contributed by atoms with van der Waals surface area (Å²) in [6.45, 7) is 2.62. The number of carbonyl (C=O) groups excluding carboxylic acids is 3. The number of aromatic nitrogens is 2. The van der Waals surface area contributed by atoms with Crippen molar-refractivity contribution in [2.75, 3.05) is 11.4 Å². The average molecular weight is 516 g/mol. The number of hydrogen-bond acceptors (Lipinski definition) is 7. The fourth-order valence-corrected chi connectivity index (χ4v) is 4.60. The molecule has 196 valence electrons. The van der Waals surface area contributed by atoms with Gasteiger partial charge in [-0.3, -0.25) is 19.3 Å². The first-order valence-electron chi connectivity index (χ1n) is 13.1. The highest BCUT2D eigenvalue weighted by molar-refractivity contribution is 5.94. The molecular weight excluding hydrogens is 486 g/mol. The number of nitrogens with zero attached hydrogens (tertiary/aromatic N) is 4. The summed E-state index contributed by atoms with van der Waals surface area (Å²) in [7, 11) is 0. The number of amides is 3. The lowest BCUT2D eigenvalue weighted by molar-refractivity contribution is -0.128. The first-order valence-corrected chi connectivity index (χ1v) is 13.1. The Kier molecular flexibility index (Phi) is 6.30. The molecule has 2 aromatic carbocycles. The summed E-state index contributed by atoms with van der Waals surface area (Å²) in [5.41, 5.74) is 2.04. The zero-order chi connectivity index (χ0) is 26.2. The predicted octanol–water partition coefficient (Wildman–Crippen LogP) is 4.06. The van der Waals surface area contributed by atoms with Gasteiger partial charge in [0.15, 0.2) is 0 Å². The van der Waals surface area contributed by atoms with Crippen molar-refractivity contribution < 1.29 is 23.5 Å². The third kappa shape index (κ3) is 5.25. The topological polar surface area (TPSA) is 118 Å². The number of carbonyl (C=O) groups is 3. The van der Waals surface area contributed by atoms with E-state index >= 15 is 0 Å². The van der Waals surface area contributed by atoms with Crippen LogP contribution >= 0.6 is 0 Å². The second-order valence-electron chi connectivity index (χ2n) is 10.1. The summed E-state index contributed by atoms with van der Waals surface area (Å²) in [6.07, 6.45) is 5.29. The van der Waals surface area contributed by atoms with Crippen LogP contribution < -0.4 is 15.0 Å². The summed E-state index contributed by atoms with van der Waals surface area (Å²) in [4.78, 5) is 40.1. The van der Waals surface area contributed by atoms with Crippen LogP contribution in [-0.2, 0) is 16.1 Å². The Hall–Kier alpha value is -4.21. The Morgan fingerprint density at radius 1 is 1.11 bits per heavy atom. The fraction of sp³-hybridized carbons (Fsp3) is 0.393. The SMILES string of the molecule is CC(=O)N(c1nnc(-c2ccc(CN3CCCC3=O)c(Oc3ccc(C(=O)NC4CC4)cc3)c2)o1)C1CC1. The van der Waals surface area contributed by atoms with Crippen molar-refractivity contribution in [2.24, 2.45) is 0 Å². The molecule has 2 heterocycles. The molecule has 3 amide bonds. The van der Waals surface area contributed by atoms with E-state index in [1.165, 1.54) is 6.92 Å². The van der Waals surface area contributed by atoms with Crippen LogP contribution in [0.3, 0.4) is 0 Å². The Morgan fingerprint density at radius 2 is 1.89 bits per heavy atom. The van der Waals surface area contributed by atoms with Gasteiger partial charge in [-0.05, 0) is 68.5 Å². The van der Waals surface area contributed by atoms with Gasteiger partial charge >= 0.3 is 6.01 Å². The Morgan fingerprint density at radius 3 is 2.55 bits per heavy atom. The molecule has 0 bridgehead atoms. The highest BCUT2D eigenvalue weighted by Crippen LogP contribution is 2.35. The quantitative estimate of drug-likeness (QED) is 0.457. The molecule has 6 rings (SSSR count). The molecule has 10 heteroatoms.